The number of hydrogen-bond donors (Lipinski definition) is 1. The van der Waals surface area contributed by atoms with Gasteiger partial charge in [0, 0.05) is 26.0 Å². The molecule has 6 heteroatoms. The molecule has 0 bridgehead atoms. The summed E-state index contributed by atoms with van der Waals surface area (Å²) >= 11 is 0. The number of aromatic nitrogens is 4. The maximum Gasteiger partial charge on any atom is 0.132 e. The van der Waals surface area contributed by atoms with Crippen molar-refractivity contribution in [3.8, 4) is 17.1 Å². The SMILES string of the molecule is CC1(Oc2ccc3[nH]nc(-c4cc(N5CCC5)ncn4)c3c2)CC1.[HH]. The Kier molecular flexibility index (Phi) is 2.83. The van der Waals surface area contributed by atoms with Gasteiger partial charge in [-0.05, 0) is 44.4 Å². The van der Waals surface area contributed by atoms with E-state index in [0.29, 0.717) is 0 Å². The second-order valence-corrected chi connectivity index (χ2v) is 6.93. The van der Waals surface area contributed by atoms with E-state index in [0.717, 1.165) is 59.8 Å². The second-order valence-electron chi connectivity index (χ2n) is 6.93. The van der Waals surface area contributed by atoms with Gasteiger partial charge in [-0.25, -0.2) is 9.97 Å². The average Bonchev–Trinajstić information content (AvgIpc) is 3.10. The lowest BCUT2D eigenvalue weighted by Crippen LogP contribution is -2.37. The van der Waals surface area contributed by atoms with Crippen LogP contribution in [-0.4, -0.2) is 38.9 Å². The summed E-state index contributed by atoms with van der Waals surface area (Å²) in [5, 5.41) is 8.60. The van der Waals surface area contributed by atoms with Crippen LogP contribution in [-0.2, 0) is 0 Å². The molecule has 124 valence electrons. The molecule has 2 aliphatic rings. The van der Waals surface area contributed by atoms with Crippen molar-refractivity contribution in [2.24, 2.45) is 0 Å². The molecule has 0 spiro atoms. The first-order valence-electron chi connectivity index (χ1n) is 8.45. The zero-order valence-corrected chi connectivity index (χ0v) is 13.6. The molecule has 3 aromatic rings. The van der Waals surface area contributed by atoms with Crippen LogP contribution in [0.15, 0.2) is 30.6 Å². The minimum absolute atomic E-state index is 0. The molecule has 1 N–H and O–H groups in total. The predicted molar refractivity (Wildman–Crippen MR) is 94.3 cm³/mol. The highest BCUT2D eigenvalue weighted by Crippen LogP contribution is 2.40. The molecule has 2 fully saturated rings. The van der Waals surface area contributed by atoms with Crippen molar-refractivity contribution < 1.29 is 6.16 Å². The fraction of sp³-hybridized carbons (Fsp3) is 0.389. The lowest BCUT2D eigenvalue weighted by Gasteiger charge is -2.31. The smallest absolute Gasteiger partial charge is 0.132 e. The van der Waals surface area contributed by atoms with Crippen molar-refractivity contribution in [1.29, 1.82) is 0 Å². The topological polar surface area (TPSA) is 66.9 Å². The Morgan fingerprint density at radius 3 is 2.83 bits per heavy atom. The summed E-state index contributed by atoms with van der Waals surface area (Å²) in [5.41, 5.74) is 2.69. The van der Waals surface area contributed by atoms with Crippen LogP contribution in [0.2, 0.25) is 0 Å². The number of aromatic amines is 1. The maximum absolute atomic E-state index is 6.09. The number of nitrogens with one attached hydrogen (secondary N) is 1. The fourth-order valence-electron chi connectivity index (χ4n) is 3.01. The molecule has 24 heavy (non-hydrogen) atoms. The first-order chi connectivity index (χ1) is 11.7. The molecule has 1 saturated carbocycles. The minimum Gasteiger partial charge on any atom is -0.488 e. The quantitative estimate of drug-likeness (QED) is 0.797. The normalized spacial score (nSPS) is 18.5. The Bertz CT molecular complexity index is 917. The van der Waals surface area contributed by atoms with E-state index in [4.69, 9.17) is 4.74 Å². The van der Waals surface area contributed by atoms with E-state index in [1.165, 1.54) is 6.42 Å². The van der Waals surface area contributed by atoms with E-state index in [1.54, 1.807) is 6.33 Å². The Morgan fingerprint density at radius 1 is 1.21 bits per heavy atom. The van der Waals surface area contributed by atoms with Crippen LogP contribution in [0.25, 0.3) is 22.3 Å². The molecule has 1 saturated heterocycles. The molecule has 2 aromatic heterocycles. The number of fused-ring (bicyclic) bond motifs is 1. The molecule has 0 atom stereocenters. The van der Waals surface area contributed by atoms with Gasteiger partial charge >= 0.3 is 0 Å². The monoisotopic (exact) mass is 323 g/mol. The van der Waals surface area contributed by atoms with Crippen molar-refractivity contribution in [1.82, 2.24) is 20.2 Å². The van der Waals surface area contributed by atoms with Crippen LogP contribution < -0.4 is 9.64 Å². The van der Waals surface area contributed by atoms with E-state index in [1.807, 2.05) is 18.2 Å². The van der Waals surface area contributed by atoms with E-state index in [-0.39, 0.29) is 7.03 Å². The van der Waals surface area contributed by atoms with Crippen molar-refractivity contribution in [2.45, 2.75) is 31.8 Å². The van der Waals surface area contributed by atoms with Crippen molar-refractivity contribution in [3.63, 3.8) is 0 Å². The van der Waals surface area contributed by atoms with Gasteiger partial charge in [-0.15, -0.1) is 0 Å². The van der Waals surface area contributed by atoms with Gasteiger partial charge < -0.3 is 9.64 Å². The van der Waals surface area contributed by atoms with Crippen LogP contribution in [0.4, 0.5) is 5.82 Å². The van der Waals surface area contributed by atoms with Gasteiger partial charge in [0.2, 0.25) is 0 Å². The van der Waals surface area contributed by atoms with Gasteiger partial charge in [0.1, 0.15) is 29.2 Å². The lowest BCUT2D eigenvalue weighted by atomic mass is 10.1. The van der Waals surface area contributed by atoms with Crippen LogP contribution in [0.1, 0.15) is 27.6 Å². The van der Waals surface area contributed by atoms with Gasteiger partial charge in [-0.3, -0.25) is 5.10 Å². The van der Waals surface area contributed by atoms with E-state index in [2.05, 4.69) is 38.1 Å². The first-order valence-corrected chi connectivity index (χ1v) is 8.45. The Balaban J connectivity index is 0.00000157. The zero-order valence-electron chi connectivity index (χ0n) is 13.6. The standard InChI is InChI=1S/C18H19N5O.H2/c1-18(5-6-18)24-12-3-4-14-13(9-12)17(22-21-14)15-10-16(20-11-19-15)23-7-2-8-23;/h3-4,9-11H,2,5-8H2,1H3,(H,21,22);1H. The fourth-order valence-corrected chi connectivity index (χ4v) is 3.01. The van der Waals surface area contributed by atoms with Crippen molar-refractivity contribution in [3.05, 3.63) is 30.6 Å². The highest BCUT2D eigenvalue weighted by atomic mass is 16.5. The van der Waals surface area contributed by atoms with Gasteiger partial charge in [0.25, 0.3) is 0 Å². The number of benzene rings is 1. The Hall–Kier alpha value is -2.63. The zero-order chi connectivity index (χ0) is 16.1. The molecule has 5 rings (SSSR count). The Morgan fingerprint density at radius 2 is 2.08 bits per heavy atom. The number of H-pyrrole nitrogens is 1. The summed E-state index contributed by atoms with van der Waals surface area (Å²) in [4.78, 5) is 11.1. The van der Waals surface area contributed by atoms with Crippen LogP contribution in [0.3, 0.4) is 0 Å². The van der Waals surface area contributed by atoms with Crippen molar-refractivity contribution in [2.75, 3.05) is 18.0 Å². The molecular weight excluding hydrogens is 302 g/mol. The third-order valence-electron chi connectivity index (χ3n) is 4.93. The third-order valence-corrected chi connectivity index (χ3v) is 4.93. The van der Waals surface area contributed by atoms with Gasteiger partial charge in [0.15, 0.2) is 0 Å². The molecule has 1 aliphatic carbocycles. The molecule has 0 amide bonds. The molecule has 1 aliphatic heterocycles. The minimum atomic E-state index is 0. The molecule has 6 nitrogen and oxygen atoms in total. The van der Waals surface area contributed by atoms with Crippen LogP contribution in [0, 0.1) is 0 Å². The second kappa shape index (κ2) is 4.93. The molecule has 0 unspecified atom stereocenters. The van der Waals surface area contributed by atoms with Gasteiger partial charge in [0.05, 0.1) is 11.2 Å². The summed E-state index contributed by atoms with van der Waals surface area (Å²) in [7, 11) is 0. The van der Waals surface area contributed by atoms with Crippen molar-refractivity contribution >= 4 is 16.7 Å². The van der Waals surface area contributed by atoms with E-state index in [9.17, 15) is 0 Å². The number of hydrogen-bond acceptors (Lipinski definition) is 5. The lowest BCUT2D eigenvalue weighted by molar-refractivity contribution is 0.200. The number of rotatable bonds is 4. The number of anilines is 1. The van der Waals surface area contributed by atoms with E-state index >= 15 is 0 Å². The van der Waals surface area contributed by atoms with Crippen LogP contribution in [0.5, 0.6) is 5.75 Å². The summed E-state index contributed by atoms with van der Waals surface area (Å²) in [6.07, 6.45) is 5.09. The highest BCUT2D eigenvalue weighted by Gasteiger charge is 2.40. The highest BCUT2D eigenvalue weighted by molar-refractivity contribution is 5.93. The summed E-state index contributed by atoms with van der Waals surface area (Å²) in [6.45, 7) is 4.28. The summed E-state index contributed by atoms with van der Waals surface area (Å²) in [5.74, 6) is 1.86. The van der Waals surface area contributed by atoms with Gasteiger partial charge in [-0.1, -0.05) is 0 Å². The molecule has 3 heterocycles. The number of nitrogens with zero attached hydrogens (tertiary/aromatic N) is 4. The average molecular weight is 323 g/mol. The molecule has 1 aromatic carbocycles. The third kappa shape index (κ3) is 2.29. The Labute approximate surface area is 141 Å². The van der Waals surface area contributed by atoms with E-state index < -0.39 is 0 Å². The van der Waals surface area contributed by atoms with Crippen LogP contribution >= 0.6 is 0 Å². The van der Waals surface area contributed by atoms with Gasteiger partial charge in [-0.2, -0.15) is 5.10 Å². The number of ether oxygens (including phenoxy) is 1. The summed E-state index contributed by atoms with van der Waals surface area (Å²) in [6, 6.07) is 8.09. The molecule has 0 radical (unpaired) electrons. The first kappa shape index (κ1) is 13.8. The largest absolute Gasteiger partial charge is 0.488 e. The summed E-state index contributed by atoms with van der Waals surface area (Å²) < 4.78 is 6.09. The maximum atomic E-state index is 6.09. The molecular formula is C18H21N5O. The predicted octanol–water partition coefficient (Wildman–Crippen LogP) is 3.41.